The molecule has 7 nitrogen and oxygen atoms in total. The Morgan fingerprint density at radius 2 is 2.08 bits per heavy atom. The molecule has 4 aromatic rings. The van der Waals surface area contributed by atoms with Crippen LogP contribution in [0.5, 0.6) is 0 Å². The number of rotatable bonds is 4. The molecule has 1 N–H and O–H groups in total. The fourth-order valence-corrected chi connectivity index (χ4v) is 2.90. The van der Waals surface area contributed by atoms with Gasteiger partial charge in [0.15, 0.2) is 5.65 Å². The maximum atomic E-state index is 14.2. The van der Waals surface area contributed by atoms with Crippen molar-refractivity contribution in [1.82, 2.24) is 29.5 Å². The van der Waals surface area contributed by atoms with E-state index in [9.17, 15) is 4.39 Å². The predicted octanol–water partition coefficient (Wildman–Crippen LogP) is 3.25. The van der Waals surface area contributed by atoms with Crippen molar-refractivity contribution in [2.24, 2.45) is 7.05 Å². The number of nitrogens with one attached hydrogen (secondary N) is 1. The molecule has 3 aromatic heterocycles. The van der Waals surface area contributed by atoms with Gasteiger partial charge in [-0.05, 0) is 22.0 Å². The number of aryl methyl sites for hydroxylation is 1. The van der Waals surface area contributed by atoms with Gasteiger partial charge in [-0.3, -0.25) is 4.68 Å². The summed E-state index contributed by atoms with van der Waals surface area (Å²) in [6, 6.07) is 5.18. The summed E-state index contributed by atoms with van der Waals surface area (Å²) in [4.78, 5) is 8.76. The highest BCUT2D eigenvalue weighted by molar-refractivity contribution is 9.10. The molecule has 0 fully saturated rings. The fourth-order valence-electron chi connectivity index (χ4n) is 2.49. The lowest BCUT2D eigenvalue weighted by Crippen LogP contribution is -2.06. The molecule has 25 heavy (non-hydrogen) atoms. The molecule has 0 saturated carbocycles. The van der Waals surface area contributed by atoms with Gasteiger partial charge in [0.2, 0.25) is 5.95 Å². The zero-order chi connectivity index (χ0) is 17.4. The lowest BCUT2D eigenvalue weighted by molar-refractivity contribution is 0.583. The Morgan fingerprint density at radius 3 is 2.88 bits per heavy atom. The molecule has 0 unspecified atom stereocenters. The van der Waals surface area contributed by atoms with Gasteiger partial charge >= 0.3 is 0 Å². The summed E-state index contributed by atoms with van der Waals surface area (Å²) in [5.41, 5.74) is 1.94. The van der Waals surface area contributed by atoms with Gasteiger partial charge in [0.05, 0.1) is 34.5 Å². The smallest absolute Gasteiger partial charge is 0.229 e. The first-order chi connectivity index (χ1) is 12.1. The summed E-state index contributed by atoms with van der Waals surface area (Å²) < 4.78 is 18.0. The third-order valence-electron chi connectivity index (χ3n) is 3.69. The Kier molecular flexibility index (Phi) is 3.92. The second-order valence-electron chi connectivity index (χ2n) is 5.52. The molecule has 0 amide bonds. The summed E-state index contributed by atoms with van der Waals surface area (Å²) >= 11 is 3.20. The molecule has 3 heterocycles. The van der Waals surface area contributed by atoms with E-state index in [0.717, 1.165) is 11.1 Å². The fraction of sp³-hybridized carbons (Fsp3) is 0.125. The highest BCUT2D eigenvalue weighted by atomic mass is 79.9. The third kappa shape index (κ3) is 3.10. The summed E-state index contributed by atoms with van der Waals surface area (Å²) in [5.74, 6) is 0.130. The minimum absolute atomic E-state index is 0.276. The zero-order valence-electron chi connectivity index (χ0n) is 13.2. The number of fused-ring (bicyclic) bond motifs is 1. The van der Waals surface area contributed by atoms with Crippen LogP contribution in [0.2, 0.25) is 0 Å². The summed E-state index contributed by atoms with van der Waals surface area (Å²) in [5, 5.41) is 12.3. The quantitative estimate of drug-likeness (QED) is 0.568. The maximum Gasteiger partial charge on any atom is 0.229 e. The van der Waals surface area contributed by atoms with Crippen LogP contribution in [0.4, 0.5) is 16.0 Å². The van der Waals surface area contributed by atoms with Crippen molar-refractivity contribution >= 4 is 38.6 Å². The first kappa shape index (κ1) is 15.7. The first-order valence-electron chi connectivity index (χ1n) is 7.47. The van der Waals surface area contributed by atoms with Crippen molar-refractivity contribution in [3.8, 4) is 0 Å². The zero-order valence-corrected chi connectivity index (χ0v) is 14.8. The van der Waals surface area contributed by atoms with Gasteiger partial charge in [0.25, 0.3) is 0 Å². The van der Waals surface area contributed by atoms with Crippen LogP contribution in [-0.4, -0.2) is 29.5 Å². The van der Waals surface area contributed by atoms with Crippen molar-refractivity contribution in [3.05, 3.63) is 58.8 Å². The van der Waals surface area contributed by atoms with Gasteiger partial charge in [-0.25, -0.2) is 14.1 Å². The minimum atomic E-state index is -0.297. The lowest BCUT2D eigenvalue weighted by atomic mass is 10.2. The van der Waals surface area contributed by atoms with Crippen LogP contribution in [0, 0.1) is 5.82 Å². The van der Waals surface area contributed by atoms with E-state index in [1.807, 2.05) is 13.2 Å². The van der Waals surface area contributed by atoms with Gasteiger partial charge in [-0.2, -0.15) is 15.2 Å². The van der Waals surface area contributed by atoms with E-state index >= 15 is 0 Å². The highest BCUT2D eigenvalue weighted by Crippen LogP contribution is 2.21. The molecular weight excluding hydrogens is 389 g/mol. The molecule has 4 rings (SSSR count). The van der Waals surface area contributed by atoms with Crippen LogP contribution in [0.15, 0.2) is 47.5 Å². The van der Waals surface area contributed by atoms with Gasteiger partial charge in [0.1, 0.15) is 5.82 Å². The molecule has 0 saturated heterocycles. The Hall–Kier alpha value is -2.81. The number of hydrogen-bond acceptors (Lipinski definition) is 5. The molecule has 0 aliphatic heterocycles. The van der Waals surface area contributed by atoms with Gasteiger partial charge in [-0.1, -0.05) is 12.1 Å². The first-order valence-corrected chi connectivity index (χ1v) is 8.26. The number of halogens is 2. The molecular formula is C16H13BrFN7. The Balaban J connectivity index is 1.67. The maximum absolute atomic E-state index is 14.2. The van der Waals surface area contributed by atoms with Crippen molar-refractivity contribution in [2.75, 3.05) is 5.32 Å². The average Bonchev–Trinajstić information content (AvgIpc) is 3.18. The average molecular weight is 402 g/mol. The van der Waals surface area contributed by atoms with E-state index in [0.29, 0.717) is 21.6 Å². The minimum Gasteiger partial charge on any atom is -0.321 e. The van der Waals surface area contributed by atoms with Crippen molar-refractivity contribution in [3.63, 3.8) is 0 Å². The summed E-state index contributed by atoms with van der Waals surface area (Å²) in [6.45, 7) is 0.276. The van der Waals surface area contributed by atoms with Crippen molar-refractivity contribution in [2.45, 2.75) is 6.54 Å². The number of anilines is 2. The molecule has 0 bridgehead atoms. The van der Waals surface area contributed by atoms with Crippen LogP contribution < -0.4 is 5.32 Å². The van der Waals surface area contributed by atoms with Gasteiger partial charge in [-0.15, -0.1) is 0 Å². The van der Waals surface area contributed by atoms with Crippen LogP contribution in [0.25, 0.3) is 11.0 Å². The largest absolute Gasteiger partial charge is 0.321 e. The standard InChI is InChI=1S/C16H13BrFN7/c1-24-9-12(7-20-24)22-16-19-5-11-6-21-25(15(11)23-16)8-10-3-2-4-13(17)14(10)18/h2-7,9H,8H2,1H3,(H,19,22,23). The van der Waals surface area contributed by atoms with Crippen LogP contribution >= 0.6 is 15.9 Å². The number of nitrogens with zero attached hydrogens (tertiary/aromatic N) is 6. The Bertz CT molecular complexity index is 1060. The van der Waals surface area contributed by atoms with E-state index < -0.39 is 0 Å². The molecule has 1 aromatic carbocycles. The number of benzene rings is 1. The molecule has 126 valence electrons. The molecule has 9 heteroatoms. The van der Waals surface area contributed by atoms with Crippen LogP contribution in [0.3, 0.4) is 0 Å². The molecule has 0 spiro atoms. The van der Waals surface area contributed by atoms with E-state index in [-0.39, 0.29) is 12.4 Å². The number of aromatic nitrogens is 6. The van der Waals surface area contributed by atoms with Crippen LogP contribution in [0.1, 0.15) is 5.56 Å². The van der Waals surface area contributed by atoms with E-state index in [1.54, 1.807) is 46.2 Å². The van der Waals surface area contributed by atoms with E-state index in [4.69, 9.17) is 0 Å². The normalized spacial score (nSPS) is 11.2. The lowest BCUT2D eigenvalue weighted by Gasteiger charge is -2.07. The topological polar surface area (TPSA) is 73.5 Å². The summed E-state index contributed by atoms with van der Waals surface area (Å²) in [7, 11) is 1.83. The molecule has 0 radical (unpaired) electrons. The molecule has 0 aliphatic rings. The van der Waals surface area contributed by atoms with E-state index in [2.05, 4.69) is 41.4 Å². The second-order valence-corrected chi connectivity index (χ2v) is 6.37. The van der Waals surface area contributed by atoms with Gasteiger partial charge in [0, 0.05) is 25.0 Å². The third-order valence-corrected chi connectivity index (χ3v) is 4.30. The Morgan fingerprint density at radius 1 is 1.20 bits per heavy atom. The highest BCUT2D eigenvalue weighted by Gasteiger charge is 2.11. The van der Waals surface area contributed by atoms with Crippen molar-refractivity contribution in [1.29, 1.82) is 0 Å². The van der Waals surface area contributed by atoms with Crippen LogP contribution in [-0.2, 0) is 13.6 Å². The molecule has 0 aliphatic carbocycles. The second kappa shape index (κ2) is 6.25. The SMILES string of the molecule is Cn1cc(Nc2ncc3cnn(Cc4cccc(Br)c4F)c3n2)cn1. The number of hydrogen-bond donors (Lipinski definition) is 1. The predicted molar refractivity (Wildman–Crippen MR) is 95.0 cm³/mol. The van der Waals surface area contributed by atoms with E-state index in [1.165, 1.54) is 0 Å². The monoisotopic (exact) mass is 401 g/mol. The molecule has 0 atom stereocenters. The Labute approximate surface area is 150 Å². The summed E-state index contributed by atoms with van der Waals surface area (Å²) in [6.07, 6.45) is 6.85. The van der Waals surface area contributed by atoms with Gasteiger partial charge < -0.3 is 5.32 Å². The van der Waals surface area contributed by atoms with Crippen molar-refractivity contribution < 1.29 is 4.39 Å².